The minimum absolute atomic E-state index is 0.0231. The Labute approximate surface area is 199 Å². The van der Waals surface area contributed by atoms with Crippen LogP contribution >= 0.6 is 0 Å². The lowest BCUT2D eigenvalue weighted by Gasteiger charge is -2.45. The van der Waals surface area contributed by atoms with Crippen molar-refractivity contribution in [1.82, 2.24) is 9.88 Å². The molecule has 0 unspecified atom stereocenters. The van der Waals surface area contributed by atoms with E-state index in [9.17, 15) is 8.42 Å². The first-order valence-electron chi connectivity index (χ1n) is 12.2. The fraction of sp³-hybridized carbons (Fsp3) is 0.593. The third kappa shape index (κ3) is 5.78. The van der Waals surface area contributed by atoms with Crippen LogP contribution < -0.4 is 4.74 Å². The first-order valence-corrected chi connectivity index (χ1v) is 13.9. The Balaban J connectivity index is 1.43. The average Bonchev–Trinajstić information content (AvgIpc) is 2.74. The average molecular weight is 471 g/mol. The first-order chi connectivity index (χ1) is 15.4. The van der Waals surface area contributed by atoms with Gasteiger partial charge in [-0.05, 0) is 80.3 Å². The number of benzene rings is 1. The molecule has 1 saturated heterocycles. The molecule has 2 aliphatic rings. The summed E-state index contributed by atoms with van der Waals surface area (Å²) in [4.78, 5) is 7.13. The van der Waals surface area contributed by atoms with Crippen molar-refractivity contribution >= 4 is 9.84 Å². The molecule has 1 spiro atoms. The molecule has 0 atom stereocenters. The molecular formula is C27H38N2O3S. The van der Waals surface area contributed by atoms with Gasteiger partial charge in [0.1, 0.15) is 11.4 Å². The van der Waals surface area contributed by atoms with Gasteiger partial charge >= 0.3 is 0 Å². The number of hydrogen-bond acceptors (Lipinski definition) is 5. The van der Waals surface area contributed by atoms with E-state index in [1.165, 1.54) is 5.56 Å². The van der Waals surface area contributed by atoms with Crippen molar-refractivity contribution in [3.8, 4) is 17.0 Å². The molecule has 0 aliphatic carbocycles. The molecule has 1 aromatic heterocycles. The molecule has 5 nitrogen and oxygen atoms in total. The maximum atomic E-state index is 12.2. The Bertz CT molecular complexity index is 1080. The van der Waals surface area contributed by atoms with Crippen molar-refractivity contribution in [2.24, 2.45) is 5.41 Å². The Morgan fingerprint density at radius 2 is 1.82 bits per heavy atom. The largest absolute Gasteiger partial charge is 0.487 e. The normalized spacial score (nSPS) is 18.8. The van der Waals surface area contributed by atoms with Crippen molar-refractivity contribution < 1.29 is 13.2 Å². The van der Waals surface area contributed by atoms with Crippen molar-refractivity contribution in [1.29, 1.82) is 0 Å². The predicted octanol–water partition coefficient (Wildman–Crippen LogP) is 5.28. The van der Waals surface area contributed by atoms with E-state index in [-0.39, 0.29) is 16.6 Å². The Morgan fingerprint density at radius 3 is 2.42 bits per heavy atom. The molecule has 0 saturated carbocycles. The van der Waals surface area contributed by atoms with Crippen LogP contribution in [-0.4, -0.2) is 48.8 Å². The van der Waals surface area contributed by atoms with E-state index in [4.69, 9.17) is 4.74 Å². The lowest BCUT2D eigenvalue weighted by Crippen LogP contribution is -2.51. The van der Waals surface area contributed by atoms with Gasteiger partial charge in [0.05, 0.1) is 16.7 Å². The summed E-state index contributed by atoms with van der Waals surface area (Å²) in [5.41, 5.74) is 4.18. The molecular weight excluding hydrogens is 432 g/mol. The number of piperidine rings is 1. The summed E-state index contributed by atoms with van der Waals surface area (Å²) >= 11 is 0. The van der Waals surface area contributed by atoms with Gasteiger partial charge in [0.25, 0.3) is 0 Å². The summed E-state index contributed by atoms with van der Waals surface area (Å²) in [6.07, 6.45) is 5.95. The second kappa shape index (κ2) is 9.03. The third-order valence-electron chi connectivity index (χ3n) is 6.91. The number of likely N-dealkylation sites (tertiary alicyclic amines) is 1. The van der Waals surface area contributed by atoms with Gasteiger partial charge in [-0.3, -0.25) is 4.98 Å². The van der Waals surface area contributed by atoms with Crippen molar-refractivity contribution in [3.05, 3.63) is 47.7 Å². The fourth-order valence-corrected chi connectivity index (χ4v) is 5.87. The van der Waals surface area contributed by atoms with Crippen LogP contribution in [0.1, 0.15) is 65.0 Å². The number of nitrogens with zero attached hydrogens (tertiary/aromatic N) is 2. The molecule has 0 radical (unpaired) electrons. The molecule has 0 amide bonds. The highest BCUT2D eigenvalue weighted by Gasteiger charge is 2.40. The minimum atomic E-state index is -3.13. The van der Waals surface area contributed by atoms with Crippen molar-refractivity contribution in [3.63, 3.8) is 0 Å². The van der Waals surface area contributed by atoms with Crippen molar-refractivity contribution in [2.75, 3.05) is 19.6 Å². The SMILES string of the molecule is CC(C)S(=O)(=O)Cc1ccc(-c2ccc3c(c2)CCC2(CCN(CC(C)(C)C)CC2)O3)nc1. The van der Waals surface area contributed by atoms with E-state index in [0.29, 0.717) is 5.41 Å². The number of pyridine rings is 1. The zero-order chi connectivity index (χ0) is 23.9. The number of fused-ring (bicyclic) bond motifs is 1. The number of rotatable bonds is 5. The summed E-state index contributed by atoms with van der Waals surface area (Å²) in [6, 6.07) is 10.1. The van der Waals surface area contributed by atoms with Gasteiger partial charge in [0.2, 0.25) is 0 Å². The molecule has 0 bridgehead atoms. The molecule has 0 N–H and O–H groups in total. The van der Waals surface area contributed by atoms with Crippen LogP contribution in [-0.2, 0) is 22.0 Å². The van der Waals surface area contributed by atoms with Gasteiger partial charge in [-0.1, -0.05) is 26.8 Å². The lowest BCUT2D eigenvalue weighted by molar-refractivity contribution is -0.0206. The number of ether oxygens (including phenoxy) is 1. The van der Waals surface area contributed by atoms with Crippen LogP contribution in [0.2, 0.25) is 0 Å². The smallest absolute Gasteiger partial charge is 0.156 e. The molecule has 3 heterocycles. The highest BCUT2D eigenvalue weighted by molar-refractivity contribution is 7.91. The van der Waals surface area contributed by atoms with E-state index >= 15 is 0 Å². The monoisotopic (exact) mass is 470 g/mol. The number of aromatic nitrogens is 1. The van der Waals surface area contributed by atoms with Gasteiger partial charge in [0, 0.05) is 31.4 Å². The van der Waals surface area contributed by atoms with Gasteiger partial charge < -0.3 is 9.64 Å². The zero-order valence-corrected chi connectivity index (χ0v) is 21.5. The number of hydrogen-bond donors (Lipinski definition) is 0. The lowest BCUT2D eigenvalue weighted by atomic mass is 9.82. The van der Waals surface area contributed by atoms with Crippen LogP contribution in [0.15, 0.2) is 36.5 Å². The molecule has 2 aliphatic heterocycles. The van der Waals surface area contributed by atoms with E-state index in [1.54, 1.807) is 20.0 Å². The first kappa shape index (κ1) is 24.2. The molecule has 2 aromatic rings. The van der Waals surface area contributed by atoms with Crippen LogP contribution in [0.4, 0.5) is 0 Å². The van der Waals surface area contributed by atoms with Crippen LogP contribution in [0.3, 0.4) is 0 Å². The van der Waals surface area contributed by atoms with Gasteiger partial charge in [-0.25, -0.2) is 8.42 Å². The highest BCUT2D eigenvalue weighted by Crippen LogP contribution is 2.41. The molecule has 6 heteroatoms. The number of sulfone groups is 1. The Hall–Kier alpha value is -1.92. The highest BCUT2D eigenvalue weighted by atomic mass is 32.2. The minimum Gasteiger partial charge on any atom is -0.487 e. The maximum absolute atomic E-state index is 12.2. The van der Waals surface area contributed by atoms with E-state index in [0.717, 1.165) is 67.9 Å². The summed E-state index contributed by atoms with van der Waals surface area (Å²) < 4.78 is 31.0. The van der Waals surface area contributed by atoms with E-state index < -0.39 is 9.84 Å². The topological polar surface area (TPSA) is 59.5 Å². The summed E-state index contributed by atoms with van der Waals surface area (Å²) in [5.74, 6) is 1.04. The van der Waals surface area contributed by atoms with Gasteiger partial charge in [-0.2, -0.15) is 0 Å². The second-order valence-corrected chi connectivity index (χ2v) is 13.9. The quantitative estimate of drug-likeness (QED) is 0.595. The zero-order valence-electron chi connectivity index (χ0n) is 20.7. The Morgan fingerprint density at radius 1 is 1.09 bits per heavy atom. The van der Waals surface area contributed by atoms with Gasteiger partial charge in [0.15, 0.2) is 9.84 Å². The summed E-state index contributed by atoms with van der Waals surface area (Å²) in [5, 5.41) is -0.383. The molecule has 1 fully saturated rings. The molecule has 4 rings (SSSR count). The van der Waals surface area contributed by atoms with Crippen molar-refractivity contribution in [2.45, 2.75) is 76.9 Å². The van der Waals surface area contributed by atoms with E-state index in [2.05, 4.69) is 48.9 Å². The molecule has 1 aromatic carbocycles. The predicted molar refractivity (Wildman–Crippen MR) is 134 cm³/mol. The standard InChI is InChI=1S/C27H38N2O3S/c1-20(2)33(30,31)18-21-6-8-24(28-17-21)22-7-9-25-23(16-22)10-11-27(32-25)12-14-29(15-13-27)19-26(3,4)5/h6-9,16-17,20H,10-15,18-19H2,1-5H3. The third-order valence-corrected chi connectivity index (χ3v) is 9.08. The van der Waals surface area contributed by atoms with Crippen LogP contribution in [0.25, 0.3) is 11.3 Å². The summed E-state index contributed by atoms with van der Waals surface area (Å²) in [6.45, 7) is 13.7. The van der Waals surface area contributed by atoms with Crippen LogP contribution in [0.5, 0.6) is 5.75 Å². The number of aryl methyl sites for hydroxylation is 1. The van der Waals surface area contributed by atoms with Gasteiger partial charge in [-0.15, -0.1) is 0 Å². The van der Waals surface area contributed by atoms with E-state index in [1.807, 2.05) is 12.1 Å². The second-order valence-electron chi connectivity index (χ2n) is 11.4. The maximum Gasteiger partial charge on any atom is 0.156 e. The summed E-state index contributed by atoms with van der Waals surface area (Å²) in [7, 11) is -3.13. The van der Waals surface area contributed by atoms with Crippen LogP contribution in [0, 0.1) is 5.41 Å². The fourth-order valence-electron chi connectivity index (χ4n) is 4.90. The molecule has 33 heavy (non-hydrogen) atoms. The molecule has 180 valence electrons. The Kier molecular flexibility index (Phi) is 6.62.